The fourth-order valence-corrected chi connectivity index (χ4v) is 4.93. The Kier molecular flexibility index (Phi) is 7.52. The molecule has 0 unspecified atom stereocenters. The predicted molar refractivity (Wildman–Crippen MR) is 111 cm³/mol. The zero-order valence-corrected chi connectivity index (χ0v) is 18.5. The average Bonchev–Trinajstić information content (AvgIpc) is 2.61. The molecule has 1 heterocycles. The van der Waals surface area contributed by atoms with Gasteiger partial charge in [-0.3, -0.25) is 0 Å². The summed E-state index contributed by atoms with van der Waals surface area (Å²) in [6.07, 6.45) is -0.189. The number of aliphatic hydroxyl groups is 1. The summed E-state index contributed by atoms with van der Waals surface area (Å²) in [5.41, 5.74) is 0.723. The molecule has 1 N–H and O–H groups in total. The Balaban J connectivity index is 2.61. The number of sulfonamides is 1. The summed E-state index contributed by atoms with van der Waals surface area (Å²) in [6, 6.07) is 4.47. The number of likely N-dealkylation sites (N-methyl/N-ethyl adjacent to an activating group) is 1. The van der Waals surface area contributed by atoms with Gasteiger partial charge in [0.2, 0.25) is 10.0 Å². The number of hydrogen-bond acceptors (Lipinski definition) is 5. The fourth-order valence-electron chi connectivity index (χ4n) is 3.11. The van der Waals surface area contributed by atoms with Crippen LogP contribution in [0.25, 0.3) is 0 Å². The van der Waals surface area contributed by atoms with Crippen molar-refractivity contribution in [3.63, 3.8) is 0 Å². The van der Waals surface area contributed by atoms with Gasteiger partial charge in [0.1, 0.15) is 16.7 Å². The van der Waals surface area contributed by atoms with E-state index >= 15 is 0 Å². The molecule has 0 saturated heterocycles. The van der Waals surface area contributed by atoms with Crippen molar-refractivity contribution in [2.45, 2.75) is 44.7 Å². The minimum Gasteiger partial charge on any atom is -0.487 e. The zero-order chi connectivity index (χ0) is 21.1. The molecular formula is C21H32N2O4S. The van der Waals surface area contributed by atoms with Gasteiger partial charge in [-0.25, -0.2) is 8.42 Å². The van der Waals surface area contributed by atoms with E-state index in [-0.39, 0.29) is 36.0 Å². The van der Waals surface area contributed by atoms with E-state index in [2.05, 4.69) is 11.8 Å². The highest BCUT2D eigenvalue weighted by molar-refractivity contribution is 7.89. The topological polar surface area (TPSA) is 70.1 Å². The lowest BCUT2D eigenvalue weighted by Gasteiger charge is -2.37. The molecule has 1 aliphatic heterocycles. The molecule has 1 aromatic carbocycles. The Morgan fingerprint density at radius 3 is 2.57 bits per heavy atom. The maximum absolute atomic E-state index is 13.3. The van der Waals surface area contributed by atoms with Crippen molar-refractivity contribution in [2.24, 2.45) is 11.8 Å². The maximum Gasteiger partial charge on any atom is 0.247 e. The first-order valence-electron chi connectivity index (χ1n) is 9.66. The van der Waals surface area contributed by atoms with E-state index in [9.17, 15) is 13.5 Å². The number of rotatable bonds is 4. The molecule has 0 radical (unpaired) electrons. The minimum absolute atomic E-state index is 0.0512. The first kappa shape index (κ1) is 22.7. The highest BCUT2D eigenvalue weighted by atomic mass is 32.2. The first-order chi connectivity index (χ1) is 13.1. The molecular weight excluding hydrogens is 376 g/mol. The van der Waals surface area contributed by atoms with E-state index in [0.717, 1.165) is 5.56 Å². The quantitative estimate of drug-likeness (QED) is 0.772. The second-order valence-electron chi connectivity index (χ2n) is 8.09. The van der Waals surface area contributed by atoms with Crippen LogP contribution in [0.4, 0.5) is 0 Å². The second-order valence-corrected chi connectivity index (χ2v) is 9.95. The Morgan fingerprint density at radius 1 is 1.32 bits per heavy atom. The summed E-state index contributed by atoms with van der Waals surface area (Å²) in [7, 11) is 0.127. The zero-order valence-electron chi connectivity index (χ0n) is 17.6. The highest BCUT2D eigenvalue weighted by Gasteiger charge is 2.37. The Morgan fingerprint density at radius 2 is 2.00 bits per heavy atom. The highest BCUT2D eigenvalue weighted by Crippen LogP contribution is 2.34. The molecule has 0 aliphatic carbocycles. The smallest absolute Gasteiger partial charge is 0.247 e. The molecule has 0 amide bonds. The van der Waals surface area contributed by atoms with Gasteiger partial charge in [0.05, 0.1) is 6.61 Å². The van der Waals surface area contributed by atoms with Crippen LogP contribution in [0.15, 0.2) is 23.1 Å². The Labute approximate surface area is 169 Å². The SMILES string of the molecule is CC(C)C#Cc1ccc2c(c1)O[C@H](CN(C)C)[C@H](C)CN([C@@H](C)CO)S2(=O)=O. The lowest BCUT2D eigenvalue weighted by Crippen LogP contribution is -2.49. The molecule has 2 rings (SSSR count). The molecule has 3 atom stereocenters. The monoisotopic (exact) mass is 408 g/mol. The van der Waals surface area contributed by atoms with Crippen LogP contribution in [0.5, 0.6) is 5.75 Å². The van der Waals surface area contributed by atoms with Gasteiger partial charge < -0.3 is 14.7 Å². The van der Waals surface area contributed by atoms with Crippen molar-refractivity contribution in [1.82, 2.24) is 9.21 Å². The van der Waals surface area contributed by atoms with Gasteiger partial charge in [-0.1, -0.05) is 32.6 Å². The summed E-state index contributed by atoms with van der Waals surface area (Å²) in [6.45, 7) is 8.42. The molecule has 156 valence electrons. The third kappa shape index (κ3) is 5.26. The number of benzene rings is 1. The predicted octanol–water partition coefficient (Wildman–Crippen LogP) is 2.02. The second kappa shape index (κ2) is 9.27. The van der Waals surface area contributed by atoms with Crippen LogP contribution < -0.4 is 4.74 Å². The molecule has 7 heteroatoms. The van der Waals surface area contributed by atoms with E-state index in [1.54, 1.807) is 25.1 Å². The van der Waals surface area contributed by atoms with E-state index in [0.29, 0.717) is 12.3 Å². The standard InChI is InChI=1S/C21H32N2O4S/c1-15(2)7-8-18-9-10-21-19(11-18)27-20(13-22(5)6)16(3)12-23(17(4)14-24)28(21,25)26/h9-11,15-17,20,24H,12-14H2,1-6H3/t16-,17+,20-/m1/s1. The normalized spacial score (nSPS) is 23.2. The van der Waals surface area contributed by atoms with Gasteiger partial charge >= 0.3 is 0 Å². The van der Waals surface area contributed by atoms with Crippen molar-refractivity contribution in [1.29, 1.82) is 0 Å². The average molecular weight is 409 g/mol. The number of fused-ring (bicyclic) bond motifs is 1. The van der Waals surface area contributed by atoms with Gasteiger partial charge in [0, 0.05) is 36.5 Å². The molecule has 6 nitrogen and oxygen atoms in total. The summed E-state index contributed by atoms with van der Waals surface area (Å²) in [4.78, 5) is 2.15. The number of hydrogen-bond donors (Lipinski definition) is 1. The third-order valence-corrected chi connectivity index (χ3v) is 6.74. The minimum atomic E-state index is -3.80. The summed E-state index contributed by atoms with van der Waals surface area (Å²) >= 11 is 0. The van der Waals surface area contributed by atoms with Crippen LogP contribution in [0, 0.1) is 23.7 Å². The number of ether oxygens (including phenoxy) is 1. The van der Waals surface area contributed by atoms with Gasteiger partial charge in [0.25, 0.3) is 0 Å². The van der Waals surface area contributed by atoms with E-state index in [1.165, 1.54) is 4.31 Å². The third-order valence-electron chi connectivity index (χ3n) is 4.72. The van der Waals surface area contributed by atoms with Crippen LogP contribution in [0.1, 0.15) is 33.3 Å². The van der Waals surface area contributed by atoms with Crippen LogP contribution in [0.3, 0.4) is 0 Å². The molecule has 0 fully saturated rings. The van der Waals surface area contributed by atoms with Crippen molar-refractivity contribution < 1.29 is 18.3 Å². The van der Waals surface area contributed by atoms with Gasteiger partial charge in [-0.05, 0) is 39.2 Å². The molecule has 0 saturated carbocycles. The van der Waals surface area contributed by atoms with E-state index in [4.69, 9.17) is 4.74 Å². The lowest BCUT2D eigenvalue weighted by molar-refractivity contribution is 0.0812. The van der Waals surface area contributed by atoms with Crippen LogP contribution in [-0.2, 0) is 10.0 Å². The molecule has 28 heavy (non-hydrogen) atoms. The van der Waals surface area contributed by atoms with Crippen molar-refractivity contribution >= 4 is 10.0 Å². The van der Waals surface area contributed by atoms with Crippen LogP contribution in [0.2, 0.25) is 0 Å². The van der Waals surface area contributed by atoms with Crippen molar-refractivity contribution in [3.8, 4) is 17.6 Å². The fraction of sp³-hybridized carbons (Fsp3) is 0.619. The molecule has 0 bridgehead atoms. The molecule has 0 spiro atoms. The van der Waals surface area contributed by atoms with Gasteiger partial charge in [-0.2, -0.15) is 4.31 Å². The summed E-state index contributed by atoms with van der Waals surface area (Å²) in [5.74, 6) is 6.67. The largest absolute Gasteiger partial charge is 0.487 e. The Bertz CT molecular complexity index is 840. The van der Waals surface area contributed by atoms with E-state index in [1.807, 2.05) is 39.8 Å². The number of aliphatic hydroxyl groups excluding tert-OH is 1. The van der Waals surface area contributed by atoms with Crippen molar-refractivity contribution in [2.75, 3.05) is 33.8 Å². The summed E-state index contributed by atoms with van der Waals surface area (Å²) in [5, 5.41) is 9.63. The van der Waals surface area contributed by atoms with E-state index < -0.39 is 16.1 Å². The van der Waals surface area contributed by atoms with Crippen molar-refractivity contribution in [3.05, 3.63) is 23.8 Å². The summed E-state index contributed by atoms with van der Waals surface area (Å²) < 4.78 is 34.3. The first-order valence-corrected chi connectivity index (χ1v) is 11.1. The molecule has 0 aromatic heterocycles. The number of nitrogens with zero attached hydrogens (tertiary/aromatic N) is 2. The maximum atomic E-state index is 13.3. The molecule has 1 aromatic rings. The van der Waals surface area contributed by atoms with Gasteiger partial charge in [0.15, 0.2) is 0 Å². The van der Waals surface area contributed by atoms with Gasteiger partial charge in [-0.15, -0.1) is 0 Å². The van der Waals surface area contributed by atoms with Crippen LogP contribution in [-0.4, -0.2) is 68.7 Å². The van der Waals surface area contributed by atoms with Crippen LogP contribution >= 0.6 is 0 Å². The molecule has 1 aliphatic rings. The lowest BCUT2D eigenvalue weighted by atomic mass is 10.0. The Hall–Kier alpha value is -1.59.